The lowest BCUT2D eigenvalue weighted by atomic mass is 9.98. The monoisotopic (exact) mass is 281 g/mol. The van der Waals surface area contributed by atoms with Crippen molar-refractivity contribution in [3.63, 3.8) is 0 Å². The number of piperidine rings is 1. The molecule has 0 saturated carbocycles. The fourth-order valence-electron chi connectivity index (χ4n) is 2.69. The predicted molar refractivity (Wildman–Crippen MR) is 77.0 cm³/mol. The largest absolute Gasteiger partial charge is 0.496 e. The standard InChI is InChI=1S/C15H20ClNO2/c1-3-12-6-4-5-9-17(12)15(18)13-10-11(16)7-8-14(13)19-2/h7-8,10,12H,3-6,9H2,1-2H3/t12-/m1/s1. The van der Waals surface area contributed by atoms with Crippen LogP contribution in [0.5, 0.6) is 5.75 Å². The van der Waals surface area contributed by atoms with Crippen LogP contribution in [0.15, 0.2) is 18.2 Å². The summed E-state index contributed by atoms with van der Waals surface area (Å²) in [6.07, 6.45) is 4.36. The number of likely N-dealkylation sites (tertiary alicyclic amines) is 1. The summed E-state index contributed by atoms with van der Waals surface area (Å²) in [5.41, 5.74) is 0.565. The second-order valence-corrected chi connectivity index (χ2v) is 5.34. The summed E-state index contributed by atoms with van der Waals surface area (Å²) in [6.45, 7) is 2.96. The molecule has 0 bridgehead atoms. The maximum Gasteiger partial charge on any atom is 0.257 e. The topological polar surface area (TPSA) is 29.5 Å². The number of carbonyl (C=O) groups excluding carboxylic acids is 1. The summed E-state index contributed by atoms with van der Waals surface area (Å²) in [4.78, 5) is 14.7. The average Bonchev–Trinajstić information content (AvgIpc) is 2.46. The highest BCUT2D eigenvalue weighted by Gasteiger charge is 2.27. The first-order chi connectivity index (χ1) is 9.17. The molecule has 0 N–H and O–H groups in total. The number of hydrogen-bond acceptors (Lipinski definition) is 2. The Kier molecular flexibility index (Phi) is 4.70. The second-order valence-electron chi connectivity index (χ2n) is 4.90. The Balaban J connectivity index is 2.29. The van der Waals surface area contributed by atoms with Gasteiger partial charge in [0.1, 0.15) is 5.75 Å². The molecule has 1 aromatic rings. The van der Waals surface area contributed by atoms with Crippen LogP contribution in [0.25, 0.3) is 0 Å². The van der Waals surface area contributed by atoms with Crippen molar-refractivity contribution in [3.05, 3.63) is 28.8 Å². The fraction of sp³-hybridized carbons (Fsp3) is 0.533. The highest BCUT2D eigenvalue weighted by molar-refractivity contribution is 6.31. The van der Waals surface area contributed by atoms with Crippen LogP contribution in [0.4, 0.5) is 0 Å². The number of rotatable bonds is 3. The van der Waals surface area contributed by atoms with Crippen molar-refractivity contribution in [3.8, 4) is 5.75 Å². The average molecular weight is 282 g/mol. The number of hydrogen-bond donors (Lipinski definition) is 0. The number of carbonyl (C=O) groups is 1. The zero-order valence-electron chi connectivity index (χ0n) is 11.5. The van der Waals surface area contributed by atoms with Gasteiger partial charge < -0.3 is 9.64 Å². The second kappa shape index (κ2) is 6.29. The Morgan fingerprint density at radius 1 is 1.47 bits per heavy atom. The Hall–Kier alpha value is -1.22. The zero-order valence-corrected chi connectivity index (χ0v) is 12.2. The number of benzene rings is 1. The molecule has 1 amide bonds. The van der Waals surface area contributed by atoms with E-state index in [-0.39, 0.29) is 5.91 Å². The fourth-order valence-corrected chi connectivity index (χ4v) is 2.87. The van der Waals surface area contributed by atoms with Gasteiger partial charge in [-0.3, -0.25) is 4.79 Å². The van der Waals surface area contributed by atoms with Crippen molar-refractivity contribution >= 4 is 17.5 Å². The maximum absolute atomic E-state index is 12.7. The van der Waals surface area contributed by atoms with Crippen molar-refractivity contribution in [2.75, 3.05) is 13.7 Å². The quantitative estimate of drug-likeness (QED) is 0.844. The van der Waals surface area contributed by atoms with Gasteiger partial charge in [-0.15, -0.1) is 0 Å². The van der Waals surface area contributed by atoms with Crippen LogP contribution >= 0.6 is 11.6 Å². The molecule has 1 aromatic carbocycles. The number of ether oxygens (including phenoxy) is 1. The Bertz CT molecular complexity index is 461. The van der Waals surface area contributed by atoms with Crippen LogP contribution in [0.1, 0.15) is 43.0 Å². The predicted octanol–water partition coefficient (Wildman–Crippen LogP) is 3.75. The van der Waals surface area contributed by atoms with E-state index in [4.69, 9.17) is 16.3 Å². The molecule has 2 rings (SSSR count). The summed E-state index contributed by atoms with van der Waals surface area (Å²) >= 11 is 6.00. The zero-order chi connectivity index (χ0) is 13.8. The van der Waals surface area contributed by atoms with Crippen LogP contribution in [-0.2, 0) is 0 Å². The Morgan fingerprint density at radius 3 is 2.95 bits per heavy atom. The molecule has 1 saturated heterocycles. The lowest BCUT2D eigenvalue weighted by molar-refractivity contribution is 0.0604. The van der Waals surface area contributed by atoms with E-state index >= 15 is 0 Å². The SMILES string of the molecule is CC[C@@H]1CCCCN1C(=O)c1cc(Cl)ccc1OC. The van der Waals surface area contributed by atoms with Crippen LogP contribution < -0.4 is 4.74 Å². The van der Waals surface area contributed by atoms with Gasteiger partial charge in [0, 0.05) is 17.6 Å². The molecule has 0 spiro atoms. The van der Waals surface area contributed by atoms with Gasteiger partial charge in [-0.05, 0) is 43.9 Å². The van der Waals surface area contributed by atoms with Gasteiger partial charge in [0.05, 0.1) is 12.7 Å². The first kappa shape index (κ1) is 14.2. The molecular formula is C15H20ClNO2. The molecule has 1 atom stereocenters. The summed E-state index contributed by atoms with van der Waals surface area (Å²) < 4.78 is 5.28. The van der Waals surface area contributed by atoms with Crippen molar-refractivity contribution in [2.45, 2.75) is 38.6 Å². The summed E-state index contributed by atoms with van der Waals surface area (Å²) in [6, 6.07) is 5.53. The first-order valence-corrected chi connectivity index (χ1v) is 7.19. The summed E-state index contributed by atoms with van der Waals surface area (Å²) in [7, 11) is 1.58. The van der Waals surface area contributed by atoms with E-state index in [9.17, 15) is 4.79 Å². The van der Waals surface area contributed by atoms with Crippen molar-refractivity contribution in [1.29, 1.82) is 0 Å². The van der Waals surface area contributed by atoms with Crippen LogP contribution in [0.2, 0.25) is 5.02 Å². The minimum Gasteiger partial charge on any atom is -0.496 e. The van der Waals surface area contributed by atoms with E-state index < -0.39 is 0 Å². The van der Waals surface area contributed by atoms with E-state index in [1.807, 2.05) is 4.90 Å². The number of halogens is 1. The molecule has 1 aliphatic heterocycles. The minimum atomic E-state index is 0.0332. The van der Waals surface area contributed by atoms with Crippen LogP contribution in [0, 0.1) is 0 Å². The molecule has 1 fully saturated rings. The molecule has 0 radical (unpaired) electrons. The molecule has 0 aromatic heterocycles. The normalized spacial score (nSPS) is 19.3. The van der Waals surface area contributed by atoms with Gasteiger partial charge in [0.25, 0.3) is 5.91 Å². The van der Waals surface area contributed by atoms with Crippen molar-refractivity contribution in [1.82, 2.24) is 4.90 Å². The molecule has 0 unspecified atom stereocenters. The molecule has 0 aliphatic carbocycles. The maximum atomic E-state index is 12.7. The number of methoxy groups -OCH3 is 1. The Morgan fingerprint density at radius 2 is 2.26 bits per heavy atom. The molecule has 19 heavy (non-hydrogen) atoms. The smallest absolute Gasteiger partial charge is 0.257 e. The van der Waals surface area contributed by atoms with E-state index in [1.54, 1.807) is 25.3 Å². The van der Waals surface area contributed by atoms with Gasteiger partial charge >= 0.3 is 0 Å². The Labute approximate surface area is 119 Å². The minimum absolute atomic E-state index is 0.0332. The number of amides is 1. The molecule has 4 heteroatoms. The van der Waals surface area contributed by atoms with E-state index in [0.29, 0.717) is 22.4 Å². The summed E-state index contributed by atoms with van der Waals surface area (Å²) in [5.74, 6) is 0.626. The highest BCUT2D eigenvalue weighted by atomic mass is 35.5. The third kappa shape index (κ3) is 3.03. The molecular weight excluding hydrogens is 262 g/mol. The van der Waals surface area contributed by atoms with Crippen molar-refractivity contribution in [2.24, 2.45) is 0 Å². The van der Waals surface area contributed by atoms with Gasteiger partial charge in [-0.25, -0.2) is 0 Å². The lowest BCUT2D eigenvalue weighted by Gasteiger charge is -2.35. The van der Waals surface area contributed by atoms with Gasteiger partial charge in [-0.1, -0.05) is 18.5 Å². The van der Waals surface area contributed by atoms with Gasteiger partial charge in [0.2, 0.25) is 0 Å². The third-order valence-electron chi connectivity index (χ3n) is 3.75. The first-order valence-electron chi connectivity index (χ1n) is 6.82. The van der Waals surface area contributed by atoms with Gasteiger partial charge in [-0.2, -0.15) is 0 Å². The number of nitrogens with zero attached hydrogens (tertiary/aromatic N) is 1. The highest BCUT2D eigenvalue weighted by Crippen LogP contribution is 2.27. The van der Waals surface area contributed by atoms with Gasteiger partial charge in [0.15, 0.2) is 0 Å². The van der Waals surface area contributed by atoms with Crippen LogP contribution in [-0.4, -0.2) is 30.5 Å². The lowest BCUT2D eigenvalue weighted by Crippen LogP contribution is -2.43. The summed E-state index contributed by atoms with van der Waals surface area (Å²) in [5, 5.41) is 0.564. The molecule has 3 nitrogen and oxygen atoms in total. The molecule has 1 heterocycles. The molecule has 1 aliphatic rings. The van der Waals surface area contributed by atoms with E-state index in [0.717, 1.165) is 25.8 Å². The van der Waals surface area contributed by atoms with E-state index in [2.05, 4.69) is 6.92 Å². The molecule has 104 valence electrons. The van der Waals surface area contributed by atoms with Crippen LogP contribution in [0.3, 0.4) is 0 Å². The van der Waals surface area contributed by atoms with Crippen molar-refractivity contribution < 1.29 is 9.53 Å². The third-order valence-corrected chi connectivity index (χ3v) is 3.99. The van der Waals surface area contributed by atoms with E-state index in [1.165, 1.54) is 6.42 Å².